The molecule has 1 amide bonds. The van der Waals surface area contributed by atoms with E-state index in [1.54, 1.807) is 37.5 Å². The van der Waals surface area contributed by atoms with Gasteiger partial charge >= 0.3 is 0 Å². The van der Waals surface area contributed by atoms with Gasteiger partial charge < -0.3 is 15.2 Å². The highest BCUT2D eigenvalue weighted by Gasteiger charge is 2.00. The molecular weight excluding hydrogens is 266 g/mol. The zero-order valence-electron chi connectivity index (χ0n) is 11.7. The van der Waals surface area contributed by atoms with Crippen molar-refractivity contribution in [1.29, 1.82) is 0 Å². The summed E-state index contributed by atoms with van der Waals surface area (Å²) in [6.45, 7) is -0.0120. The molecule has 2 aromatic rings. The molecule has 0 heterocycles. The van der Waals surface area contributed by atoms with E-state index in [9.17, 15) is 4.79 Å². The minimum atomic E-state index is -0.224. The number of nitrogens with one attached hydrogen (secondary N) is 1. The third-order valence-electron chi connectivity index (χ3n) is 2.96. The Morgan fingerprint density at radius 1 is 1.19 bits per heavy atom. The maximum absolute atomic E-state index is 11.9. The van der Waals surface area contributed by atoms with Gasteiger partial charge in [0, 0.05) is 17.3 Å². The van der Waals surface area contributed by atoms with Crippen LogP contribution < -0.4 is 10.1 Å². The van der Waals surface area contributed by atoms with Crippen LogP contribution in [0.2, 0.25) is 0 Å². The second kappa shape index (κ2) is 7.26. The number of carbonyl (C=O) groups excluding carboxylic acids is 1. The second-order valence-corrected chi connectivity index (χ2v) is 4.42. The topological polar surface area (TPSA) is 58.6 Å². The van der Waals surface area contributed by atoms with Crippen molar-refractivity contribution in [2.75, 3.05) is 12.4 Å². The van der Waals surface area contributed by atoms with Gasteiger partial charge in [-0.05, 0) is 29.8 Å². The number of aliphatic hydroxyl groups excluding tert-OH is 1. The highest BCUT2D eigenvalue weighted by molar-refractivity contribution is 6.02. The maximum Gasteiger partial charge on any atom is 0.248 e. The number of carbonyl (C=O) groups is 1. The summed E-state index contributed by atoms with van der Waals surface area (Å²) in [6.07, 6.45) is 3.16. The van der Waals surface area contributed by atoms with Crippen LogP contribution in [-0.4, -0.2) is 18.1 Å². The molecule has 0 atom stereocenters. The molecular formula is C17H17NO3. The summed E-state index contributed by atoms with van der Waals surface area (Å²) in [5.41, 5.74) is 2.32. The van der Waals surface area contributed by atoms with E-state index in [0.29, 0.717) is 11.4 Å². The van der Waals surface area contributed by atoms with Crippen LogP contribution in [0.4, 0.5) is 5.69 Å². The van der Waals surface area contributed by atoms with E-state index in [1.807, 2.05) is 24.3 Å². The smallest absolute Gasteiger partial charge is 0.248 e. The quantitative estimate of drug-likeness (QED) is 0.830. The number of methoxy groups -OCH3 is 1. The van der Waals surface area contributed by atoms with Gasteiger partial charge in [0.05, 0.1) is 13.7 Å². The summed E-state index contributed by atoms with van der Waals surface area (Å²) >= 11 is 0. The van der Waals surface area contributed by atoms with E-state index in [0.717, 1.165) is 11.1 Å². The lowest BCUT2D eigenvalue weighted by Crippen LogP contribution is -2.07. The molecule has 0 saturated carbocycles. The molecule has 0 aliphatic rings. The summed E-state index contributed by atoms with van der Waals surface area (Å²) in [5, 5.41) is 11.7. The predicted molar refractivity (Wildman–Crippen MR) is 83.0 cm³/mol. The zero-order valence-corrected chi connectivity index (χ0v) is 11.7. The van der Waals surface area contributed by atoms with Gasteiger partial charge in [0.25, 0.3) is 0 Å². The normalized spacial score (nSPS) is 10.6. The first kappa shape index (κ1) is 14.8. The Kier molecular flexibility index (Phi) is 5.12. The summed E-state index contributed by atoms with van der Waals surface area (Å²) in [5.74, 6) is 0.492. The van der Waals surface area contributed by atoms with E-state index in [-0.39, 0.29) is 12.5 Å². The van der Waals surface area contributed by atoms with Crippen LogP contribution in [0, 0.1) is 0 Å². The van der Waals surface area contributed by atoms with Crippen LogP contribution >= 0.6 is 0 Å². The highest BCUT2D eigenvalue weighted by Crippen LogP contribution is 2.18. The number of benzene rings is 2. The molecule has 4 nitrogen and oxygen atoms in total. The monoisotopic (exact) mass is 283 g/mol. The zero-order chi connectivity index (χ0) is 15.1. The van der Waals surface area contributed by atoms with Crippen LogP contribution in [0.3, 0.4) is 0 Å². The molecule has 108 valence electrons. The minimum Gasteiger partial charge on any atom is -0.496 e. The summed E-state index contributed by atoms with van der Waals surface area (Å²) in [7, 11) is 1.59. The second-order valence-electron chi connectivity index (χ2n) is 4.42. The van der Waals surface area contributed by atoms with E-state index < -0.39 is 0 Å². The van der Waals surface area contributed by atoms with Crippen LogP contribution in [0.5, 0.6) is 5.75 Å². The third-order valence-corrected chi connectivity index (χ3v) is 2.96. The highest BCUT2D eigenvalue weighted by atomic mass is 16.5. The van der Waals surface area contributed by atoms with Crippen molar-refractivity contribution in [3.8, 4) is 5.75 Å². The fourth-order valence-electron chi connectivity index (χ4n) is 1.85. The first-order valence-corrected chi connectivity index (χ1v) is 6.55. The number of ether oxygens (including phenoxy) is 1. The lowest BCUT2D eigenvalue weighted by atomic mass is 10.2. The Morgan fingerprint density at radius 3 is 2.57 bits per heavy atom. The standard InChI is InChI=1S/C17H17NO3/c1-21-16-5-3-2-4-14(16)8-11-17(20)18-15-9-6-13(12-19)7-10-15/h2-11,19H,12H2,1H3,(H,18,20). The van der Waals surface area contributed by atoms with Crippen LogP contribution in [0.1, 0.15) is 11.1 Å². The average Bonchev–Trinajstić information content (AvgIpc) is 2.54. The number of hydrogen-bond donors (Lipinski definition) is 2. The SMILES string of the molecule is COc1ccccc1C=CC(=O)Nc1ccc(CO)cc1. The number of anilines is 1. The van der Waals surface area contributed by atoms with Gasteiger partial charge in [0.1, 0.15) is 5.75 Å². The number of aliphatic hydroxyl groups is 1. The van der Waals surface area contributed by atoms with Gasteiger partial charge in [-0.3, -0.25) is 4.79 Å². The molecule has 0 radical (unpaired) electrons. The Bertz CT molecular complexity index is 633. The van der Waals surface area contributed by atoms with Crippen LogP contribution in [0.15, 0.2) is 54.6 Å². The first-order valence-electron chi connectivity index (χ1n) is 6.55. The molecule has 0 aliphatic heterocycles. The van der Waals surface area contributed by atoms with E-state index in [2.05, 4.69) is 5.32 Å². The summed E-state index contributed by atoms with van der Waals surface area (Å²) < 4.78 is 5.21. The predicted octanol–water partition coefficient (Wildman–Crippen LogP) is 2.84. The molecule has 0 spiro atoms. The van der Waals surface area contributed by atoms with Gasteiger partial charge in [0.2, 0.25) is 5.91 Å². The molecule has 2 N–H and O–H groups in total. The van der Waals surface area contributed by atoms with Crippen molar-refractivity contribution >= 4 is 17.7 Å². The van der Waals surface area contributed by atoms with Crippen molar-refractivity contribution in [1.82, 2.24) is 0 Å². The Balaban J connectivity index is 2.02. The van der Waals surface area contributed by atoms with Gasteiger partial charge in [-0.2, -0.15) is 0 Å². The van der Waals surface area contributed by atoms with Crippen LogP contribution in [-0.2, 0) is 11.4 Å². The van der Waals surface area contributed by atoms with Crippen molar-refractivity contribution in [2.45, 2.75) is 6.61 Å². The number of hydrogen-bond acceptors (Lipinski definition) is 3. The van der Waals surface area contributed by atoms with E-state index in [1.165, 1.54) is 6.08 Å². The van der Waals surface area contributed by atoms with Crippen molar-refractivity contribution < 1.29 is 14.6 Å². The Morgan fingerprint density at radius 2 is 1.90 bits per heavy atom. The molecule has 0 bridgehead atoms. The summed E-state index contributed by atoms with van der Waals surface area (Å²) in [4.78, 5) is 11.9. The van der Waals surface area contributed by atoms with Gasteiger partial charge in [-0.15, -0.1) is 0 Å². The maximum atomic E-state index is 11.9. The number of rotatable bonds is 5. The molecule has 0 fully saturated rings. The first-order chi connectivity index (χ1) is 10.2. The largest absolute Gasteiger partial charge is 0.496 e. The van der Waals surface area contributed by atoms with Crippen molar-refractivity contribution in [3.63, 3.8) is 0 Å². The molecule has 0 aromatic heterocycles. The molecule has 0 unspecified atom stereocenters. The molecule has 21 heavy (non-hydrogen) atoms. The molecule has 4 heteroatoms. The molecule has 0 saturated heterocycles. The van der Waals surface area contributed by atoms with Gasteiger partial charge in [-0.25, -0.2) is 0 Å². The van der Waals surface area contributed by atoms with Gasteiger partial charge in [-0.1, -0.05) is 30.3 Å². The molecule has 2 rings (SSSR count). The van der Waals surface area contributed by atoms with Crippen LogP contribution in [0.25, 0.3) is 6.08 Å². The lowest BCUT2D eigenvalue weighted by Gasteiger charge is -2.04. The average molecular weight is 283 g/mol. The fourth-order valence-corrected chi connectivity index (χ4v) is 1.85. The lowest BCUT2D eigenvalue weighted by molar-refractivity contribution is -0.111. The van der Waals surface area contributed by atoms with E-state index in [4.69, 9.17) is 9.84 Å². The number of amides is 1. The number of para-hydroxylation sites is 1. The van der Waals surface area contributed by atoms with Gasteiger partial charge in [0.15, 0.2) is 0 Å². The summed E-state index contributed by atoms with van der Waals surface area (Å²) in [6, 6.07) is 14.5. The Hall–Kier alpha value is -2.59. The minimum absolute atomic E-state index is 0.0120. The van der Waals surface area contributed by atoms with Crippen molar-refractivity contribution in [3.05, 3.63) is 65.7 Å². The van der Waals surface area contributed by atoms with E-state index >= 15 is 0 Å². The Labute approximate surface area is 123 Å². The molecule has 0 aliphatic carbocycles. The van der Waals surface area contributed by atoms with Crippen molar-refractivity contribution in [2.24, 2.45) is 0 Å². The molecule has 2 aromatic carbocycles. The fraction of sp³-hybridized carbons (Fsp3) is 0.118. The third kappa shape index (κ3) is 4.19.